The zero-order valence-electron chi connectivity index (χ0n) is 8.96. The Labute approximate surface area is 88.5 Å². The number of H-pyrrole nitrogens is 1. The number of fused-ring (bicyclic) bond motifs is 1. The van der Waals surface area contributed by atoms with E-state index in [1.165, 1.54) is 16.8 Å². The molecule has 0 aliphatic heterocycles. The van der Waals surface area contributed by atoms with Crippen molar-refractivity contribution >= 4 is 29.3 Å². The summed E-state index contributed by atoms with van der Waals surface area (Å²) >= 11 is 0. The highest BCUT2D eigenvalue weighted by molar-refractivity contribution is 5.88. The van der Waals surface area contributed by atoms with E-state index in [1.807, 2.05) is 26.0 Å². The van der Waals surface area contributed by atoms with Crippen LogP contribution < -0.4 is 10.6 Å². The van der Waals surface area contributed by atoms with Crippen molar-refractivity contribution < 1.29 is 0 Å². The van der Waals surface area contributed by atoms with Crippen molar-refractivity contribution in [2.24, 2.45) is 0 Å². The zero-order chi connectivity index (χ0) is 10.8. The molecular formula is C13H14N2. The predicted molar refractivity (Wildman–Crippen MR) is 65.7 cm³/mol. The number of hydrogen-bond acceptors (Lipinski definition) is 1. The second kappa shape index (κ2) is 3.73. The maximum Gasteiger partial charge on any atom is 0.0471 e. The molecule has 2 N–H and O–H groups in total. The fraction of sp³-hybridized carbons (Fsp3) is 0.154. The molecule has 0 amide bonds. The van der Waals surface area contributed by atoms with E-state index in [0.29, 0.717) is 0 Å². The Bertz CT molecular complexity index is 618. The summed E-state index contributed by atoms with van der Waals surface area (Å²) < 4.78 is 0. The summed E-state index contributed by atoms with van der Waals surface area (Å²) in [6, 6.07) is 6.03. The monoisotopic (exact) mass is 198 g/mol. The molecule has 0 aliphatic carbocycles. The van der Waals surface area contributed by atoms with Crippen molar-refractivity contribution in [3.8, 4) is 0 Å². The first-order valence-electron chi connectivity index (χ1n) is 5.05. The summed E-state index contributed by atoms with van der Waals surface area (Å²) in [6.45, 7) is 4.06. The molecule has 0 atom stereocenters. The van der Waals surface area contributed by atoms with Crippen LogP contribution in [-0.2, 0) is 0 Å². The number of nitrogens with one attached hydrogen (secondary N) is 2. The third-order valence-electron chi connectivity index (χ3n) is 2.64. The highest BCUT2D eigenvalue weighted by Gasteiger charge is 1.99. The molecule has 2 rings (SSSR count). The molecule has 0 bridgehead atoms. The van der Waals surface area contributed by atoms with Crippen LogP contribution in [0.5, 0.6) is 0 Å². The van der Waals surface area contributed by atoms with Gasteiger partial charge in [0.05, 0.1) is 0 Å². The van der Waals surface area contributed by atoms with Gasteiger partial charge in [0.25, 0.3) is 0 Å². The molecular weight excluding hydrogens is 184 g/mol. The van der Waals surface area contributed by atoms with E-state index < -0.39 is 0 Å². The molecule has 0 saturated heterocycles. The van der Waals surface area contributed by atoms with Gasteiger partial charge in [-0.2, -0.15) is 0 Å². The van der Waals surface area contributed by atoms with Crippen molar-refractivity contribution in [3.05, 3.63) is 34.3 Å². The molecule has 15 heavy (non-hydrogen) atoms. The molecule has 0 saturated carbocycles. The van der Waals surface area contributed by atoms with Gasteiger partial charge < -0.3 is 10.4 Å². The lowest BCUT2D eigenvalue weighted by Crippen LogP contribution is -2.21. The van der Waals surface area contributed by atoms with Gasteiger partial charge in [-0.05, 0) is 25.5 Å². The molecule has 0 spiro atoms. The Balaban J connectivity index is 2.96. The Morgan fingerprint density at radius 2 is 2.00 bits per heavy atom. The van der Waals surface area contributed by atoms with Crippen LogP contribution in [0.25, 0.3) is 23.1 Å². The Kier molecular flexibility index (Phi) is 2.42. The van der Waals surface area contributed by atoms with Crippen molar-refractivity contribution in [2.75, 3.05) is 0 Å². The molecule has 0 radical (unpaired) electrons. The van der Waals surface area contributed by atoms with E-state index in [9.17, 15) is 0 Å². The van der Waals surface area contributed by atoms with Crippen LogP contribution in [0.4, 0.5) is 0 Å². The van der Waals surface area contributed by atoms with Gasteiger partial charge in [0.15, 0.2) is 0 Å². The quantitative estimate of drug-likeness (QED) is 0.656. The summed E-state index contributed by atoms with van der Waals surface area (Å²) in [7, 11) is 0. The summed E-state index contributed by atoms with van der Waals surface area (Å²) in [5.74, 6) is 0. The first-order chi connectivity index (χ1) is 7.30. The fourth-order valence-electron chi connectivity index (χ4n) is 1.89. The van der Waals surface area contributed by atoms with Gasteiger partial charge in [0, 0.05) is 27.7 Å². The van der Waals surface area contributed by atoms with Gasteiger partial charge in [-0.1, -0.05) is 24.3 Å². The van der Waals surface area contributed by atoms with Crippen LogP contribution in [-0.4, -0.2) is 11.2 Å². The van der Waals surface area contributed by atoms with E-state index in [-0.39, 0.29) is 0 Å². The summed E-state index contributed by atoms with van der Waals surface area (Å²) in [5, 5.41) is 10.8. The highest BCUT2D eigenvalue weighted by atomic mass is 14.7. The van der Waals surface area contributed by atoms with Crippen LogP contribution in [0.3, 0.4) is 0 Å². The third kappa shape index (κ3) is 1.48. The van der Waals surface area contributed by atoms with Gasteiger partial charge in [-0.25, -0.2) is 0 Å². The number of rotatable bonds is 1. The standard InChI is InChI=1S/C13H14N2/c1-3-10-11-6-5-9(8-14)7-13(11)15-12(10)4-2/h3-8,14-15H,1-2H3/b10-3-,12-4+,14-8?. The van der Waals surface area contributed by atoms with E-state index in [2.05, 4.69) is 23.2 Å². The Morgan fingerprint density at radius 3 is 2.60 bits per heavy atom. The van der Waals surface area contributed by atoms with Gasteiger partial charge in [-0.15, -0.1) is 0 Å². The molecule has 2 heteroatoms. The van der Waals surface area contributed by atoms with E-state index in [4.69, 9.17) is 5.41 Å². The van der Waals surface area contributed by atoms with Crippen LogP contribution >= 0.6 is 0 Å². The van der Waals surface area contributed by atoms with Gasteiger partial charge >= 0.3 is 0 Å². The van der Waals surface area contributed by atoms with E-state index in [1.54, 1.807) is 0 Å². The van der Waals surface area contributed by atoms with E-state index in [0.717, 1.165) is 16.4 Å². The number of hydrogen-bond donors (Lipinski definition) is 2. The van der Waals surface area contributed by atoms with Crippen molar-refractivity contribution in [1.82, 2.24) is 4.98 Å². The molecule has 0 unspecified atom stereocenters. The molecule has 0 fully saturated rings. The molecule has 76 valence electrons. The Hall–Kier alpha value is -1.83. The van der Waals surface area contributed by atoms with Gasteiger partial charge in [0.1, 0.15) is 0 Å². The lowest BCUT2D eigenvalue weighted by Gasteiger charge is -1.92. The predicted octanol–water partition coefficient (Wildman–Crippen LogP) is 1.77. The largest absolute Gasteiger partial charge is 0.355 e. The van der Waals surface area contributed by atoms with Crippen LogP contribution in [0, 0.1) is 5.41 Å². The molecule has 2 aromatic rings. The lowest BCUT2D eigenvalue weighted by molar-refractivity contribution is 1.35. The molecule has 1 aromatic carbocycles. The van der Waals surface area contributed by atoms with Crippen LogP contribution in [0.2, 0.25) is 0 Å². The SMILES string of the molecule is C/C=c1\c(=C/C)[nH]c2cc(C=N)ccc12. The number of benzene rings is 1. The zero-order valence-corrected chi connectivity index (χ0v) is 8.96. The average Bonchev–Trinajstić information content (AvgIpc) is 2.65. The van der Waals surface area contributed by atoms with Gasteiger partial charge in [0.2, 0.25) is 0 Å². The minimum absolute atomic E-state index is 0.925. The summed E-state index contributed by atoms with van der Waals surface area (Å²) in [5.41, 5.74) is 2.02. The lowest BCUT2D eigenvalue weighted by atomic mass is 10.1. The van der Waals surface area contributed by atoms with Crippen molar-refractivity contribution in [1.29, 1.82) is 5.41 Å². The smallest absolute Gasteiger partial charge is 0.0471 e. The topological polar surface area (TPSA) is 39.6 Å². The minimum Gasteiger partial charge on any atom is -0.355 e. The third-order valence-corrected chi connectivity index (χ3v) is 2.64. The van der Waals surface area contributed by atoms with Crippen LogP contribution in [0.15, 0.2) is 18.2 Å². The minimum atomic E-state index is 0.925. The normalized spacial score (nSPS) is 13.7. The number of aromatic nitrogens is 1. The molecule has 2 nitrogen and oxygen atoms in total. The van der Waals surface area contributed by atoms with Crippen molar-refractivity contribution in [3.63, 3.8) is 0 Å². The molecule has 0 aliphatic rings. The van der Waals surface area contributed by atoms with Crippen LogP contribution in [0.1, 0.15) is 19.4 Å². The second-order valence-electron chi connectivity index (χ2n) is 3.48. The second-order valence-corrected chi connectivity index (χ2v) is 3.48. The number of aromatic amines is 1. The van der Waals surface area contributed by atoms with Gasteiger partial charge in [-0.3, -0.25) is 0 Å². The Morgan fingerprint density at radius 1 is 1.20 bits per heavy atom. The average molecular weight is 198 g/mol. The van der Waals surface area contributed by atoms with Crippen molar-refractivity contribution in [2.45, 2.75) is 13.8 Å². The maximum atomic E-state index is 7.21. The molecule has 1 heterocycles. The highest BCUT2D eigenvalue weighted by Crippen LogP contribution is 2.07. The first kappa shape index (κ1) is 9.71. The van der Waals surface area contributed by atoms with E-state index >= 15 is 0 Å². The summed E-state index contributed by atoms with van der Waals surface area (Å²) in [6.07, 6.45) is 5.54. The fourth-order valence-corrected chi connectivity index (χ4v) is 1.89. The molecule has 1 aromatic heterocycles. The maximum absolute atomic E-state index is 7.21. The first-order valence-corrected chi connectivity index (χ1v) is 5.05. The summed E-state index contributed by atoms with van der Waals surface area (Å²) in [4.78, 5) is 3.35.